The molecule has 0 heterocycles. The first-order valence-corrected chi connectivity index (χ1v) is 6.80. The summed E-state index contributed by atoms with van der Waals surface area (Å²) in [6, 6.07) is 1.61. The van der Waals surface area contributed by atoms with Gasteiger partial charge in [0.05, 0.1) is 25.5 Å². The number of nitrogens with one attached hydrogen (secondary N) is 1. The molecular weight excluding hydrogens is 384 g/mol. The quantitative estimate of drug-likeness (QED) is 0.606. The third-order valence-corrected chi connectivity index (χ3v) is 4.05. The van der Waals surface area contributed by atoms with Gasteiger partial charge in [0.2, 0.25) is 0 Å². The lowest BCUT2D eigenvalue weighted by Crippen LogP contribution is -2.18. The van der Waals surface area contributed by atoms with E-state index >= 15 is 0 Å². The Morgan fingerprint density at radius 3 is 2.84 bits per heavy atom. The molecule has 1 amide bonds. The zero-order valence-corrected chi connectivity index (χ0v) is 13.4. The molecule has 1 aromatic rings. The average molecular weight is 396 g/mol. The Kier molecular flexibility index (Phi) is 6.10. The maximum absolute atomic E-state index is 11.0. The maximum Gasteiger partial charge on any atom is 0.427 e. The molecule has 1 rings (SSSR count). The van der Waals surface area contributed by atoms with E-state index < -0.39 is 6.09 Å². The van der Waals surface area contributed by atoms with Crippen LogP contribution >= 0.6 is 31.9 Å². The van der Waals surface area contributed by atoms with Crippen LogP contribution in [0.1, 0.15) is 12.5 Å². The largest absolute Gasteiger partial charge is 0.504 e. The molecule has 0 aliphatic rings. The molecule has 104 valence electrons. The van der Waals surface area contributed by atoms with Crippen LogP contribution in [0.5, 0.6) is 11.5 Å². The van der Waals surface area contributed by atoms with Crippen molar-refractivity contribution in [2.75, 3.05) is 13.7 Å². The van der Waals surface area contributed by atoms with Crippen molar-refractivity contribution in [2.45, 2.75) is 6.92 Å². The van der Waals surface area contributed by atoms with E-state index in [1.165, 1.54) is 13.3 Å². The Hall–Kier alpha value is -1.28. The number of phenols is 1. The first kappa shape index (κ1) is 15.8. The number of hydrogen-bond acceptors (Lipinski definition) is 5. The van der Waals surface area contributed by atoms with E-state index in [9.17, 15) is 9.90 Å². The normalized spacial score (nSPS) is 10.5. The van der Waals surface area contributed by atoms with E-state index in [4.69, 9.17) is 4.74 Å². The summed E-state index contributed by atoms with van der Waals surface area (Å²) in [6.45, 7) is 1.94. The Labute approximate surface area is 127 Å². The minimum Gasteiger partial charge on any atom is -0.504 e. The molecule has 0 saturated carbocycles. The Morgan fingerprint density at radius 2 is 2.26 bits per heavy atom. The fourth-order valence-electron chi connectivity index (χ4n) is 1.20. The van der Waals surface area contributed by atoms with Crippen molar-refractivity contribution in [3.05, 3.63) is 20.6 Å². The molecule has 6 nitrogen and oxygen atoms in total. The zero-order valence-electron chi connectivity index (χ0n) is 10.2. The highest BCUT2D eigenvalue weighted by atomic mass is 79.9. The van der Waals surface area contributed by atoms with Gasteiger partial charge in [-0.3, -0.25) is 0 Å². The van der Waals surface area contributed by atoms with Crippen LogP contribution in [0, 0.1) is 0 Å². The molecule has 0 fully saturated rings. The molecule has 8 heteroatoms. The first-order valence-electron chi connectivity index (χ1n) is 5.22. The van der Waals surface area contributed by atoms with Crippen molar-refractivity contribution in [2.24, 2.45) is 5.10 Å². The van der Waals surface area contributed by atoms with Crippen molar-refractivity contribution in [3.8, 4) is 11.5 Å². The third-order valence-electron chi connectivity index (χ3n) is 2.04. The van der Waals surface area contributed by atoms with Crippen molar-refractivity contribution in [3.63, 3.8) is 0 Å². The number of rotatable bonds is 4. The van der Waals surface area contributed by atoms with E-state index in [-0.39, 0.29) is 18.1 Å². The highest BCUT2D eigenvalue weighted by molar-refractivity contribution is 9.13. The van der Waals surface area contributed by atoms with E-state index in [2.05, 4.69) is 47.1 Å². The summed E-state index contributed by atoms with van der Waals surface area (Å²) in [4.78, 5) is 11.0. The van der Waals surface area contributed by atoms with Gasteiger partial charge in [-0.1, -0.05) is 0 Å². The topological polar surface area (TPSA) is 80.2 Å². The summed E-state index contributed by atoms with van der Waals surface area (Å²) < 4.78 is 10.9. The lowest BCUT2D eigenvalue weighted by molar-refractivity contribution is 0.152. The number of phenolic OH excluding ortho intramolecular Hbond substituents is 1. The van der Waals surface area contributed by atoms with Gasteiger partial charge >= 0.3 is 6.09 Å². The monoisotopic (exact) mass is 394 g/mol. The van der Waals surface area contributed by atoms with Gasteiger partial charge in [0.15, 0.2) is 11.5 Å². The lowest BCUT2D eigenvalue weighted by atomic mass is 10.2. The van der Waals surface area contributed by atoms with Gasteiger partial charge in [0.25, 0.3) is 0 Å². The number of aromatic hydroxyl groups is 1. The smallest absolute Gasteiger partial charge is 0.427 e. The SMILES string of the molecule is CCOC(=O)N/N=C/c1c(O)c(OC)cc(Br)c1Br. The first-order chi connectivity index (χ1) is 9.01. The zero-order chi connectivity index (χ0) is 14.4. The number of methoxy groups -OCH3 is 1. The van der Waals surface area contributed by atoms with Crippen LogP contribution in [-0.4, -0.2) is 31.1 Å². The predicted octanol–water partition coefficient (Wildman–Crippen LogP) is 3.01. The Morgan fingerprint density at radius 1 is 1.58 bits per heavy atom. The highest BCUT2D eigenvalue weighted by Gasteiger charge is 2.14. The molecule has 0 aromatic heterocycles. The summed E-state index contributed by atoms with van der Waals surface area (Å²) >= 11 is 6.60. The van der Waals surface area contributed by atoms with Gasteiger partial charge in [0.1, 0.15) is 0 Å². The van der Waals surface area contributed by atoms with E-state index in [0.29, 0.717) is 14.5 Å². The number of hydrazone groups is 1. The molecule has 2 N–H and O–H groups in total. The van der Waals surface area contributed by atoms with Crippen LogP contribution in [-0.2, 0) is 4.74 Å². The second kappa shape index (κ2) is 7.34. The fraction of sp³-hybridized carbons (Fsp3) is 0.273. The number of ether oxygens (including phenoxy) is 2. The number of benzene rings is 1. The van der Waals surface area contributed by atoms with Crippen LogP contribution in [0.3, 0.4) is 0 Å². The number of halogens is 2. The van der Waals surface area contributed by atoms with Gasteiger partial charge in [0, 0.05) is 8.95 Å². The third kappa shape index (κ3) is 4.10. The summed E-state index contributed by atoms with van der Waals surface area (Å²) in [6.07, 6.45) is 0.611. The Balaban J connectivity index is 2.97. The second-order valence-corrected chi connectivity index (χ2v) is 4.87. The predicted molar refractivity (Wildman–Crippen MR) is 77.8 cm³/mol. The standard InChI is InChI=1S/C11H12Br2N2O4/c1-3-19-11(17)15-14-5-6-9(13)7(12)4-8(18-2)10(6)16/h4-5,16H,3H2,1-2H3,(H,15,17)/b14-5+. The van der Waals surface area contributed by atoms with Gasteiger partial charge in [-0.05, 0) is 44.8 Å². The van der Waals surface area contributed by atoms with Crippen molar-refractivity contribution < 1.29 is 19.4 Å². The molecule has 0 saturated heterocycles. The second-order valence-electron chi connectivity index (χ2n) is 3.23. The number of carbonyl (C=O) groups excluding carboxylic acids is 1. The molecule has 0 atom stereocenters. The molecule has 19 heavy (non-hydrogen) atoms. The summed E-state index contributed by atoms with van der Waals surface area (Å²) in [5.41, 5.74) is 2.53. The summed E-state index contributed by atoms with van der Waals surface area (Å²) in [5.74, 6) is 0.194. The lowest BCUT2D eigenvalue weighted by Gasteiger charge is -2.09. The van der Waals surface area contributed by atoms with E-state index in [1.807, 2.05) is 0 Å². The van der Waals surface area contributed by atoms with Crippen molar-refractivity contribution in [1.82, 2.24) is 5.43 Å². The maximum atomic E-state index is 11.0. The number of amides is 1. The molecule has 0 spiro atoms. The summed E-state index contributed by atoms with van der Waals surface area (Å²) in [5, 5.41) is 13.6. The fourth-order valence-corrected chi connectivity index (χ4v) is 2.02. The number of hydrogen-bond donors (Lipinski definition) is 2. The van der Waals surface area contributed by atoms with Crippen LogP contribution in [0.4, 0.5) is 4.79 Å². The number of carbonyl (C=O) groups is 1. The molecule has 0 bridgehead atoms. The van der Waals surface area contributed by atoms with Crippen LogP contribution in [0.2, 0.25) is 0 Å². The molecule has 0 aliphatic heterocycles. The van der Waals surface area contributed by atoms with Gasteiger partial charge in [-0.25, -0.2) is 10.2 Å². The van der Waals surface area contributed by atoms with Crippen molar-refractivity contribution >= 4 is 44.2 Å². The van der Waals surface area contributed by atoms with E-state index in [1.54, 1.807) is 13.0 Å². The summed E-state index contributed by atoms with van der Waals surface area (Å²) in [7, 11) is 1.44. The van der Waals surface area contributed by atoms with Crippen LogP contribution in [0.15, 0.2) is 20.1 Å². The van der Waals surface area contributed by atoms with Crippen molar-refractivity contribution in [1.29, 1.82) is 0 Å². The van der Waals surface area contributed by atoms with Crippen LogP contribution < -0.4 is 10.2 Å². The Bertz CT molecular complexity index is 506. The van der Waals surface area contributed by atoms with Gasteiger partial charge < -0.3 is 14.6 Å². The van der Waals surface area contributed by atoms with Gasteiger partial charge in [-0.2, -0.15) is 5.10 Å². The molecular formula is C11H12Br2N2O4. The van der Waals surface area contributed by atoms with Crippen LogP contribution in [0.25, 0.3) is 0 Å². The minimum atomic E-state index is -0.670. The minimum absolute atomic E-state index is 0.0908. The molecule has 0 aliphatic carbocycles. The molecule has 0 unspecified atom stereocenters. The average Bonchev–Trinajstić information content (AvgIpc) is 2.38. The highest BCUT2D eigenvalue weighted by Crippen LogP contribution is 2.39. The molecule has 1 aromatic carbocycles. The van der Waals surface area contributed by atoms with E-state index in [0.717, 1.165) is 0 Å². The molecule has 0 radical (unpaired) electrons. The number of nitrogens with zero attached hydrogens (tertiary/aromatic N) is 1. The van der Waals surface area contributed by atoms with Gasteiger partial charge in [-0.15, -0.1) is 0 Å².